The highest BCUT2D eigenvalue weighted by Crippen LogP contribution is 2.09. The molecule has 3 nitrogen and oxygen atoms in total. The average Bonchev–Trinajstić information content (AvgIpc) is 2.12. The molecule has 0 amide bonds. The van der Waals surface area contributed by atoms with Gasteiger partial charge in [0.2, 0.25) is 0 Å². The van der Waals surface area contributed by atoms with Crippen molar-refractivity contribution in [3.8, 4) is 0 Å². The summed E-state index contributed by atoms with van der Waals surface area (Å²) in [7, 11) is 3.37. The fourth-order valence-corrected chi connectivity index (χ4v) is 1.06. The highest BCUT2D eigenvalue weighted by atomic mass is 16.7. The summed E-state index contributed by atoms with van der Waals surface area (Å²) in [5.41, 5.74) is 0. The molecule has 0 aliphatic heterocycles. The molecule has 0 N–H and O–H groups in total. The molecule has 0 radical (unpaired) electrons. The van der Waals surface area contributed by atoms with Gasteiger partial charge in [0, 0.05) is 27.2 Å². The summed E-state index contributed by atoms with van der Waals surface area (Å²) in [6.07, 6.45) is 1.90. The van der Waals surface area contributed by atoms with Gasteiger partial charge in [-0.3, -0.25) is 0 Å². The smallest absolute Gasteiger partial charge is 0.159 e. The van der Waals surface area contributed by atoms with Gasteiger partial charge >= 0.3 is 0 Å². The van der Waals surface area contributed by atoms with Gasteiger partial charge in [-0.1, -0.05) is 6.92 Å². The molecular weight excluding hydrogens is 156 g/mol. The van der Waals surface area contributed by atoms with Crippen molar-refractivity contribution in [1.29, 1.82) is 0 Å². The van der Waals surface area contributed by atoms with Crippen molar-refractivity contribution in [3.63, 3.8) is 0 Å². The molecule has 0 aliphatic rings. The van der Waals surface area contributed by atoms with Crippen molar-refractivity contribution in [2.24, 2.45) is 0 Å². The summed E-state index contributed by atoms with van der Waals surface area (Å²) in [5, 5.41) is 0. The molecule has 0 aromatic rings. The van der Waals surface area contributed by atoms with Gasteiger partial charge in [0.1, 0.15) is 0 Å². The van der Waals surface area contributed by atoms with E-state index in [9.17, 15) is 0 Å². The second-order valence-electron chi connectivity index (χ2n) is 2.62. The lowest BCUT2D eigenvalue weighted by molar-refractivity contribution is -0.141. The molecular formula is C9H20O3. The first-order valence-corrected chi connectivity index (χ1v) is 4.45. The van der Waals surface area contributed by atoms with Crippen molar-refractivity contribution in [3.05, 3.63) is 0 Å². The molecule has 0 fully saturated rings. The van der Waals surface area contributed by atoms with Crippen LogP contribution in [0.15, 0.2) is 0 Å². The van der Waals surface area contributed by atoms with E-state index in [0.717, 1.165) is 12.8 Å². The molecule has 2 atom stereocenters. The van der Waals surface area contributed by atoms with Gasteiger partial charge in [-0.05, 0) is 13.3 Å². The van der Waals surface area contributed by atoms with E-state index in [1.807, 2.05) is 6.92 Å². The van der Waals surface area contributed by atoms with Gasteiger partial charge in [-0.2, -0.15) is 0 Å². The Labute approximate surface area is 75.0 Å². The largest absolute Gasteiger partial charge is 0.381 e. The molecule has 0 aromatic carbocycles. The molecule has 74 valence electrons. The number of hydrogen-bond donors (Lipinski definition) is 0. The quantitative estimate of drug-likeness (QED) is 0.554. The topological polar surface area (TPSA) is 27.7 Å². The predicted molar refractivity (Wildman–Crippen MR) is 48.1 cm³/mol. The van der Waals surface area contributed by atoms with Gasteiger partial charge < -0.3 is 14.2 Å². The van der Waals surface area contributed by atoms with Gasteiger partial charge in [0.15, 0.2) is 6.29 Å². The standard InChI is InChI=1S/C9H20O3/c1-5-8(10-3)7-9(11-4)12-6-2/h8-9H,5-7H2,1-4H3. The summed E-state index contributed by atoms with van der Waals surface area (Å²) in [6.45, 7) is 4.73. The van der Waals surface area contributed by atoms with E-state index >= 15 is 0 Å². The minimum Gasteiger partial charge on any atom is -0.381 e. The van der Waals surface area contributed by atoms with Crippen LogP contribution in [0.4, 0.5) is 0 Å². The molecule has 3 heteroatoms. The van der Waals surface area contributed by atoms with E-state index in [2.05, 4.69) is 6.92 Å². The van der Waals surface area contributed by atoms with Crippen LogP contribution in [0.5, 0.6) is 0 Å². The lowest BCUT2D eigenvalue weighted by atomic mass is 10.2. The summed E-state index contributed by atoms with van der Waals surface area (Å²) in [5.74, 6) is 0. The maximum absolute atomic E-state index is 5.32. The first-order chi connectivity index (χ1) is 5.78. The van der Waals surface area contributed by atoms with Crippen LogP contribution in [0.2, 0.25) is 0 Å². The molecule has 0 heterocycles. The normalized spacial score (nSPS) is 16.0. The van der Waals surface area contributed by atoms with Gasteiger partial charge in [0.25, 0.3) is 0 Å². The molecule has 2 unspecified atom stereocenters. The van der Waals surface area contributed by atoms with Crippen LogP contribution < -0.4 is 0 Å². The van der Waals surface area contributed by atoms with Gasteiger partial charge in [-0.25, -0.2) is 0 Å². The molecule has 0 saturated carbocycles. The highest BCUT2D eigenvalue weighted by molar-refractivity contribution is 4.57. The third kappa shape index (κ3) is 4.70. The van der Waals surface area contributed by atoms with E-state index in [1.54, 1.807) is 14.2 Å². The highest BCUT2D eigenvalue weighted by Gasteiger charge is 2.13. The maximum atomic E-state index is 5.32. The van der Waals surface area contributed by atoms with Crippen molar-refractivity contribution in [2.75, 3.05) is 20.8 Å². The molecule has 0 rings (SSSR count). The molecule has 0 saturated heterocycles. The third-order valence-corrected chi connectivity index (χ3v) is 1.86. The summed E-state index contributed by atoms with van der Waals surface area (Å²) in [6, 6.07) is 0. The predicted octanol–water partition coefficient (Wildman–Crippen LogP) is 1.81. The average molecular weight is 176 g/mol. The second kappa shape index (κ2) is 7.53. The van der Waals surface area contributed by atoms with Crippen LogP contribution >= 0.6 is 0 Å². The zero-order chi connectivity index (χ0) is 9.40. The molecule has 0 aliphatic carbocycles. The monoisotopic (exact) mass is 176 g/mol. The molecule has 12 heavy (non-hydrogen) atoms. The van der Waals surface area contributed by atoms with Crippen LogP contribution in [0, 0.1) is 0 Å². The molecule has 0 aromatic heterocycles. The lowest BCUT2D eigenvalue weighted by Crippen LogP contribution is -2.23. The van der Waals surface area contributed by atoms with E-state index in [1.165, 1.54) is 0 Å². The Morgan fingerprint density at radius 2 is 1.75 bits per heavy atom. The lowest BCUT2D eigenvalue weighted by Gasteiger charge is -2.20. The second-order valence-corrected chi connectivity index (χ2v) is 2.62. The zero-order valence-corrected chi connectivity index (χ0v) is 8.50. The summed E-state index contributed by atoms with van der Waals surface area (Å²) in [4.78, 5) is 0. The first-order valence-electron chi connectivity index (χ1n) is 4.45. The van der Waals surface area contributed by atoms with Crippen molar-refractivity contribution in [2.45, 2.75) is 39.1 Å². The van der Waals surface area contributed by atoms with Crippen LogP contribution in [-0.4, -0.2) is 33.2 Å². The van der Waals surface area contributed by atoms with Crippen LogP contribution in [0.3, 0.4) is 0 Å². The Bertz CT molecular complexity index is 91.8. The first kappa shape index (κ1) is 11.9. The van der Waals surface area contributed by atoms with Crippen molar-refractivity contribution in [1.82, 2.24) is 0 Å². The SMILES string of the molecule is CCOC(CC(CC)OC)OC. The van der Waals surface area contributed by atoms with Gasteiger partial charge in [-0.15, -0.1) is 0 Å². The van der Waals surface area contributed by atoms with Crippen LogP contribution in [-0.2, 0) is 14.2 Å². The summed E-state index contributed by atoms with van der Waals surface area (Å²) < 4.78 is 15.7. The Morgan fingerprint density at radius 3 is 2.08 bits per heavy atom. The van der Waals surface area contributed by atoms with E-state index < -0.39 is 0 Å². The fourth-order valence-electron chi connectivity index (χ4n) is 1.06. The Morgan fingerprint density at radius 1 is 1.08 bits per heavy atom. The van der Waals surface area contributed by atoms with Crippen molar-refractivity contribution < 1.29 is 14.2 Å². The fraction of sp³-hybridized carbons (Fsp3) is 1.00. The minimum atomic E-state index is -0.125. The van der Waals surface area contributed by atoms with Gasteiger partial charge in [0.05, 0.1) is 6.10 Å². The molecule has 0 spiro atoms. The van der Waals surface area contributed by atoms with Crippen LogP contribution in [0.1, 0.15) is 26.7 Å². The zero-order valence-electron chi connectivity index (χ0n) is 8.50. The number of rotatable bonds is 7. The maximum Gasteiger partial charge on any atom is 0.159 e. The minimum absolute atomic E-state index is 0.125. The number of methoxy groups -OCH3 is 2. The Kier molecular flexibility index (Phi) is 7.45. The van der Waals surface area contributed by atoms with E-state index in [-0.39, 0.29) is 12.4 Å². The number of ether oxygens (including phenoxy) is 3. The van der Waals surface area contributed by atoms with Crippen molar-refractivity contribution >= 4 is 0 Å². The summed E-state index contributed by atoms with van der Waals surface area (Å²) >= 11 is 0. The Hall–Kier alpha value is -0.120. The van der Waals surface area contributed by atoms with Crippen LogP contribution in [0.25, 0.3) is 0 Å². The Balaban J connectivity index is 3.65. The van der Waals surface area contributed by atoms with E-state index in [4.69, 9.17) is 14.2 Å². The van der Waals surface area contributed by atoms with E-state index in [0.29, 0.717) is 6.61 Å². The number of hydrogen-bond acceptors (Lipinski definition) is 3. The molecule has 0 bridgehead atoms. The third-order valence-electron chi connectivity index (χ3n) is 1.86.